The van der Waals surface area contributed by atoms with Crippen LogP contribution in [0.25, 0.3) is 28.2 Å². The molecule has 0 saturated heterocycles. The van der Waals surface area contributed by atoms with Crippen molar-refractivity contribution in [1.29, 1.82) is 0 Å². The topological polar surface area (TPSA) is 102 Å². The maximum absolute atomic E-state index is 12.5. The van der Waals surface area contributed by atoms with Gasteiger partial charge >= 0.3 is 0 Å². The summed E-state index contributed by atoms with van der Waals surface area (Å²) in [6, 6.07) is 16.8. The van der Waals surface area contributed by atoms with E-state index in [4.69, 9.17) is 16.0 Å². The smallest absolute Gasteiger partial charge is 0.262 e. The van der Waals surface area contributed by atoms with Gasteiger partial charge in [0.25, 0.3) is 5.56 Å². The number of rotatable bonds is 5. The van der Waals surface area contributed by atoms with Crippen molar-refractivity contribution < 1.29 is 4.42 Å². The third-order valence-electron chi connectivity index (χ3n) is 4.32. The summed E-state index contributed by atoms with van der Waals surface area (Å²) in [7, 11) is 0. The second-order valence-electron chi connectivity index (χ2n) is 6.27. The molecular formula is C20H13ClN6O2S. The minimum atomic E-state index is -0.257. The number of H-pyrrole nitrogens is 1. The fourth-order valence-corrected chi connectivity index (χ4v) is 3.82. The van der Waals surface area contributed by atoms with Crippen molar-refractivity contribution in [2.24, 2.45) is 0 Å². The zero-order chi connectivity index (χ0) is 20.5. The summed E-state index contributed by atoms with van der Waals surface area (Å²) >= 11 is 7.46. The van der Waals surface area contributed by atoms with E-state index >= 15 is 0 Å². The van der Waals surface area contributed by atoms with Crippen LogP contribution in [0.5, 0.6) is 0 Å². The van der Waals surface area contributed by atoms with E-state index in [-0.39, 0.29) is 5.56 Å². The number of halogens is 1. The van der Waals surface area contributed by atoms with Gasteiger partial charge in [-0.2, -0.15) is 5.10 Å². The van der Waals surface area contributed by atoms with Gasteiger partial charge in [-0.1, -0.05) is 53.7 Å². The predicted octanol–water partition coefficient (Wildman–Crippen LogP) is 4.10. The van der Waals surface area contributed by atoms with E-state index in [1.165, 1.54) is 18.0 Å². The average Bonchev–Trinajstić information content (AvgIpc) is 3.41. The number of nitrogens with zero attached hydrogens (tertiary/aromatic N) is 5. The molecule has 30 heavy (non-hydrogen) atoms. The van der Waals surface area contributed by atoms with E-state index in [1.54, 1.807) is 10.7 Å². The second kappa shape index (κ2) is 7.77. The number of aromatic nitrogens is 6. The molecule has 5 aromatic rings. The molecule has 0 saturated carbocycles. The van der Waals surface area contributed by atoms with E-state index in [9.17, 15) is 4.79 Å². The molecule has 0 bridgehead atoms. The Morgan fingerprint density at radius 1 is 1.07 bits per heavy atom. The Morgan fingerprint density at radius 2 is 1.87 bits per heavy atom. The molecular weight excluding hydrogens is 424 g/mol. The number of aromatic amines is 1. The lowest BCUT2D eigenvalue weighted by molar-refractivity contribution is 0.528. The SMILES string of the molecule is O=c1[nH]c(SCc2nnc(-c3ccccc3Cl)o2)nc2c1cnn2-c1ccccc1. The van der Waals surface area contributed by atoms with Crippen LogP contribution in [0.1, 0.15) is 5.89 Å². The molecule has 0 amide bonds. The van der Waals surface area contributed by atoms with Gasteiger partial charge < -0.3 is 9.40 Å². The van der Waals surface area contributed by atoms with E-state index in [2.05, 4.69) is 25.3 Å². The van der Waals surface area contributed by atoms with Crippen molar-refractivity contribution in [2.75, 3.05) is 0 Å². The maximum atomic E-state index is 12.5. The summed E-state index contributed by atoms with van der Waals surface area (Å²) < 4.78 is 7.34. The van der Waals surface area contributed by atoms with Gasteiger partial charge in [0.15, 0.2) is 10.8 Å². The van der Waals surface area contributed by atoms with Gasteiger partial charge in [-0.25, -0.2) is 9.67 Å². The number of hydrogen-bond donors (Lipinski definition) is 1. The number of thioether (sulfide) groups is 1. The summed E-state index contributed by atoms with van der Waals surface area (Å²) in [5.74, 6) is 1.08. The molecule has 0 aliphatic heterocycles. The minimum absolute atomic E-state index is 0.257. The van der Waals surface area contributed by atoms with Crippen molar-refractivity contribution in [1.82, 2.24) is 29.9 Å². The summed E-state index contributed by atoms with van der Waals surface area (Å²) in [5.41, 5.74) is 1.71. The molecule has 3 heterocycles. The Hall–Kier alpha value is -3.43. The van der Waals surface area contributed by atoms with E-state index in [0.717, 1.165) is 5.69 Å². The van der Waals surface area contributed by atoms with E-state index < -0.39 is 0 Å². The summed E-state index contributed by atoms with van der Waals surface area (Å²) in [4.78, 5) is 19.8. The van der Waals surface area contributed by atoms with Crippen LogP contribution in [0.3, 0.4) is 0 Å². The summed E-state index contributed by atoms with van der Waals surface area (Å²) in [6.45, 7) is 0. The van der Waals surface area contributed by atoms with Crippen LogP contribution >= 0.6 is 23.4 Å². The summed E-state index contributed by atoms with van der Waals surface area (Å²) in [6.07, 6.45) is 1.51. The molecule has 0 atom stereocenters. The van der Waals surface area contributed by atoms with Gasteiger partial charge in [0.05, 0.1) is 28.2 Å². The molecule has 0 fully saturated rings. The first kappa shape index (κ1) is 18.6. The molecule has 0 radical (unpaired) electrons. The van der Waals surface area contributed by atoms with Crippen LogP contribution in [0.2, 0.25) is 5.02 Å². The van der Waals surface area contributed by atoms with Gasteiger partial charge in [-0.05, 0) is 24.3 Å². The van der Waals surface area contributed by atoms with Crippen LogP contribution in [-0.4, -0.2) is 29.9 Å². The van der Waals surface area contributed by atoms with Crippen LogP contribution in [-0.2, 0) is 5.75 Å². The maximum Gasteiger partial charge on any atom is 0.262 e. The Morgan fingerprint density at radius 3 is 2.70 bits per heavy atom. The average molecular weight is 437 g/mol. The number of benzene rings is 2. The van der Waals surface area contributed by atoms with Crippen molar-refractivity contribution in [2.45, 2.75) is 10.9 Å². The zero-order valence-electron chi connectivity index (χ0n) is 15.3. The van der Waals surface area contributed by atoms with Crippen molar-refractivity contribution >= 4 is 34.4 Å². The second-order valence-corrected chi connectivity index (χ2v) is 7.64. The fraction of sp³-hybridized carbons (Fsp3) is 0.0500. The molecule has 1 N–H and O–H groups in total. The van der Waals surface area contributed by atoms with Crippen molar-refractivity contribution in [3.8, 4) is 17.1 Å². The molecule has 0 aliphatic carbocycles. The standard InChI is InChI=1S/C20H13ClN6O2S/c21-15-9-5-4-8-13(15)19-26-25-16(29-19)11-30-20-23-17-14(18(28)24-20)10-22-27(17)12-6-2-1-3-7-12/h1-10H,11H2,(H,23,24,28). The molecule has 0 aliphatic rings. The molecule has 5 rings (SSSR count). The minimum Gasteiger partial charge on any atom is -0.420 e. The van der Waals surface area contributed by atoms with Crippen LogP contribution < -0.4 is 5.56 Å². The van der Waals surface area contributed by atoms with Crippen molar-refractivity contribution in [3.05, 3.63) is 82.1 Å². The molecule has 0 unspecified atom stereocenters. The van der Waals surface area contributed by atoms with Crippen molar-refractivity contribution in [3.63, 3.8) is 0 Å². The third kappa shape index (κ3) is 3.49. The van der Waals surface area contributed by atoms with Crippen LogP contribution in [0.15, 0.2) is 75.2 Å². The first-order valence-electron chi connectivity index (χ1n) is 8.92. The van der Waals surface area contributed by atoms with Gasteiger partial charge in [0.2, 0.25) is 11.8 Å². The summed E-state index contributed by atoms with van der Waals surface area (Å²) in [5, 5.41) is 13.8. The lowest BCUT2D eigenvalue weighted by Gasteiger charge is -2.03. The molecule has 0 spiro atoms. The number of para-hydroxylation sites is 1. The van der Waals surface area contributed by atoms with E-state index in [0.29, 0.717) is 44.3 Å². The van der Waals surface area contributed by atoms with Gasteiger partial charge in [0.1, 0.15) is 5.39 Å². The van der Waals surface area contributed by atoms with Gasteiger partial charge in [0, 0.05) is 0 Å². The lowest BCUT2D eigenvalue weighted by Crippen LogP contribution is -2.09. The first-order chi connectivity index (χ1) is 14.7. The molecule has 8 nitrogen and oxygen atoms in total. The number of fused-ring (bicyclic) bond motifs is 1. The fourth-order valence-electron chi connectivity index (χ4n) is 2.91. The van der Waals surface area contributed by atoms with E-state index in [1.807, 2.05) is 48.5 Å². The zero-order valence-corrected chi connectivity index (χ0v) is 16.9. The van der Waals surface area contributed by atoms with Gasteiger partial charge in [-0.15, -0.1) is 10.2 Å². The van der Waals surface area contributed by atoms with Gasteiger partial charge in [-0.3, -0.25) is 4.79 Å². The molecule has 148 valence electrons. The largest absolute Gasteiger partial charge is 0.420 e. The normalized spacial score (nSPS) is 11.2. The third-order valence-corrected chi connectivity index (χ3v) is 5.51. The Bertz CT molecular complexity index is 1400. The molecule has 3 aromatic heterocycles. The Kier molecular flexibility index (Phi) is 4.82. The predicted molar refractivity (Wildman–Crippen MR) is 114 cm³/mol. The van der Waals surface area contributed by atoms with Crippen LogP contribution in [0.4, 0.5) is 0 Å². The highest BCUT2D eigenvalue weighted by atomic mass is 35.5. The first-order valence-corrected chi connectivity index (χ1v) is 10.3. The lowest BCUT2D eigenvalue weighted by atomic mass is 10.2. The van der Waals surface area contributed by atoms with Crippen LogP contribution in [0, 0.1) is 0 Å². The highest BCUT2D eigenvalue weighted by molar-refractivity contribution is 7.98. The highest BCUT2D eigenvalue weighted by Gasteiger charge is 2.14. The number of hydrogen-bond acceptors (Lipinski definition) is 7. The Labute approximate surface area is 178 Å². The molecule has 10 heteroatoms. The quantitative estimate of drug-likeness (QED) is 0.326. The monoisotopic (exact) mass is 436 g/mol. The highest BCUT2D eigenvalue weighted by Crippen LogP contribution is 2.28. The Balaban J connectivity index is 1.41. The number of nitrogens with one attached hydrogen (secondary N) is 1. The molecule has 2 aromatic carbocycles.